The van der Waals surface area contributed by atoms with Crippen LogP contribution in [0.2, 0.25) is 0 Å². The van der Waals surface area contributed by atoms with Crippen molar-refractivity contribution in [3.63, 3.8) is 0 Å². The highest BCUT2D eigenvalue weighted by atomic mass is 19.1. The molecule has 0 saturated heterocycles. The number of hydrogen-bond acceptors (Lipinski definition) is 4. The third-order valence-corrected chi connectivity index (χ3v) is 2.38. The van der Waals surface area contributed by atoms with E-state index in [0.29, 0.717) is 23.5 Å². The zero-order valence-corrected chi connectivity index (χ0v) is 9.64. The summed E-state index contributed by atoms with van der Waals surface area (Å²) in [6.07, 6.45) is 1.92. The summed E-state index contributed by atoms with van der Waals surface area (Å²) in [5.41, 5.74) is 6.64. The zero-order chi connectivity index (χ0) is 12.8. The molecule has 0 aliphatic heterocycles. The minimum absolute atomic E-state index is 0.145. The van der Waals surface area contributed by atoms with E-state index in [9.17, 15) is 4.39 Å². The largest absolute Gasteiger partial charge is 0.489 e. The first-order chi connectivity index (χ1) is 8.83. The summed E-state index contributed by atoms with van der Waals surface area (Å²) in [6, 6.07) is 7.25. The van der Waals surface area contributed by atoms with Gasteiger partial charge in [-0.2, -0.15) is 5.10 Å². The smallest absolute Gasteiger partial charge is 0.155 e. The SMILES string of the molecule is NCC(=CF)COc1ccc(-c2ncn[nH]2)cc1. The molecular weight excluding hydrogens is 235 g/mol. The highest BCUT2D eigenvalue weighted by molar-refractivity contribution is 5.55. The molecule has 0 aliphatic carbocycles. The molecule has 1 aromatic heterocycles. The van der Waals surface area contributed by atoms with Crippen molar-refractivity contribution in [2.45, 2.75) is 0 Å². The van der Waals surface area contributed by atoms with Crippen molar-refractivity contribution < 1.29 is 9.13 Å². The van der Waals surface area contributed by atoms with Gasteiger partial charge in [-0.15, -0.1) is 0 Å². The monoisotopic (exact) mass is 248 g/mol. The number of rotatable bonds is 5. The van der Waals surface area contributed by atoms with E-state index in [0.717, 1.165) is 5.56 Å². The Hall–Kier alpha value is -2.21. The third kappa shape index (κ3) is 2.92. The number of aromatic amines is 1. The Balaban J connectivity index is 2.00. The highest BCUT2D eigenvalue weighted by Crippen LogP contribution is 2.18. The van der Waals surface area contributed by atoms with Gasteiger partial charge in [0.2, 0.25) is 0 Å². The van der Waals surface area contributed by atoms with Crippen LogP contribution >= 0.6 is 0 Å². The summed E-state index contributed by atoms with van der Waals surface area (Å²) in [5.74, 6) is 1.33. The molecule has 0 atom stereocenters. The second-order valence-corrected chi connectivity index (χ2v) is 3.62. The summed E-state index contributed by atoms with van der Waals surface area (Å²) in [5, 5.41) is 6.54. The highest BCUT2D eigenvalue weighted by Gasteiger charge is 2.02. The Labute approximate surface area is 103 Å². The van der Waals surface area contributed by atoms with Crippen molar-refractivity contribution in [2.75, 3.05) is 13.2 Å². The first kappa shape index (κ1) is 12.3. The molecule has 5 nitrogen and oxygen atoms in total. The molecule has 0 bridgehead atoms. The van der Waals surface area contributed by atoms with E-state index in [2.05, 4.69) is 15.2 Å². The average molecular weight is 248 g/mol. The van der Waals surface area contributed by atoms with E-state index in [-0.39, 0.29) is 13.2 Å². The van der Waals surface area contributed by atoms with Gasteiger partial charge in [0, 0.05) is 17.7 Å². The van der Waals surface area contributed by atoms with Gasteiger partial charge in [0.15, 0.2) is 5.82 Å². The molecule has 2 rings (SSSR count). The average Bonchev–Trinajstić information content (AvgIpc) is 2.94. The predicted octanol–water partition coefficient (Wildman–Crippen LogP) is 1.66. The summed E-state index contributed by atoms with van der Waals surface area (Å²) >= 11 is 0. The maximum atomic E-state index is 12.3. The molecule has 0 fully saturated rings. The second-order valence-electron chi connectivity index (χ2n) is 3.62. The molecule has 2 aromatic rings. The Bertz CT molecular complexity index is 507. The fourth-order valence-electron chi connectivity index (χ4n) is 1.36. The number of nitrogens with zero attached hydrogens (tertiary/aromatic N) is 2. The van der Waals surface area contributed by atoms with Crippen LogP contribution in [0.3, 0.4) is 0 Å². The fraction of sp³-hybridized carbons (Fsp3) is 0.167. The molecule has 0 saturated carbocycles. The maximum absolute atomic E-state index is 12.3. The Morgan fingerprint density at radius 1 is 1.39 bits per heavy atom. The van der Waals surface area contributed by atoms with Crippen molar-refractivity contribution in [1.29, 1.82) is 0 Å². The van der Waals surface area contributed by atoms with Crippen LogP contribution < -0.4 is 10.5 Å². The van der Waals surface area contributed by atoms with Crippen LogP contribution in [0, 0.1) is 0 Å². The summed E-state index contributed by atoms with van der Waals surface area (Å²) in [7, 11) is 0. The lowest BCUT2D eigenvalue weighted by molar-refractivity contribution is 0.347. The molecule has 0 spiro atoms. The van der Waals surface area contributed by atoms with E-state index >= 15 is 0 Å². The number of benzene rings is 1. The fourth-order valence-corrected chi connectivity index (χ4v) is 1.36. The van der Waals surface area contributed by atoms with Gasteiger partial charge in [-0.3, -0.25) is 5.10 Å². The quantitative estimate of drug-likeness (QED) is 0.843. The molecule has 94 valence electrons. The van der Waals surface area contributed by atoms with Crippen LogP contribution in [0.25, 0.3) is 11.4 Å². The second kappa shape index (κ2) is 5.92. The van der Waals surface area contributed by atoms with Gasteiger partial charge in [0.05, 0.1) is 6.33 Å². The molecule has 6 heteroatoms. The van der Waals surface area contributed by atoms with E-state index in [1.165, 1.54) is 6.33 Å². The Kier molecular flexibility index (Phi) is 4.03. The lowest BCUT2D eigenvalue weighted by atomic mass is 10.2. The first-order valence-corrected chi connectivity index (χ1v) is 5.40. The third-order valence-electron chi connectivity index (χ3n) is 2.38. The van der Waals surface area contributed by atoms with Crippen molar-refractivity contribution in [3.05, 3.63) is 42.5 Å². The molecule has 1 heterocycles. The molecule has 18 heavy (non-hydrogen) atoms. The number of ether oxygens (including phenoxy) is 1. The molecule has 0 radical (unpaired) electrons. The van der Waals surface area contributed by atoms with Crippen LogP contribution in [-0.2, 0) is 0 Å². The van der Waals surface area contributed by atoms with Crippen LogP contribution in [0.1, 0.15) is 0 Å². The lowest BCUT2D eigenvalue weighted by Gasteiger charge is -2.07. The van der Waals surface area contributed by atoms with E-state index in [1.807, 2.05) is 12.1 Å². The summed E-state index contributed by atoms with van der Waals surface area (Å²) in [6.45, 7) is 0.293. The number of H-pyrrole nitrogens is 1. The van der Waals surface area contributed by atoms with Crippen LogP contribution in [0.15, 0.2) is 42.5 Å². The van der Waals surface area contributed by atoms with Gasteiger partial charge < -0.3 is 10.5 Å². The summed E-state index contributed by atoms with van der Waals surface area (Å²) < 4.78 is 17.7. The van der Waals surface area contributed by atoms with Gasteiger partial charge in [-0.1, -0.05) is 0 Å². The van der Waals surface area contributed by atoms with Crippen molar-refractivity contribution >= 4 is 0 Å². The van der Waals surface area contributed by atoms with Gasteiger partial charge in [-0.25, -0.2) is 9.37 Å². The number of aromatic nitrogens is 3. The number of nitrogens with two attached hydrogens (primary N) is 1. The number of nitrogens with one attached hydrogen (secondary N) is 1. The van der Waals surface area contributed by atoms with Gasteiger partial charge in [-0.05, 0) is 24.3 Å². The van der Waals surface area contributed by atoms with E-state index in [1.54, 1.807) is 12.1 Å². The summed E-state index contributed by atoms with van der Waals surface area (Å²) in [4.78, 5) is 4.03. The molecule has 0 unspecified atom stereocenters. The lowest BCUT2D eigenvalue weighted by Crippen LogP contribution is -2.10. The van der Waals surface area contributed by atoms with Crippen LogP contribution in [0.4, 0.5) is 4.39 Å². The van der Waals surface area contributed by atoms with Crippen molar-refractivity contribution in [2.24, 2.45) is 5.73 Å². The van der Waals surface area contributed by atoms with E-state index in [4.69, 9.17) is 10.5 Å². The minimum Gasteiger partial charge on any atom is -0.489 e. The Morgan fingerprint density at radius 3 is 2.72 bits per heavy atom. The normalized spacial score (nSPS) is 11.6. The maximum Gasteiger partial charge on any atom is 0.155 e. The molecule has 0 amide bonds. The minimum atomic E-state index is 0.145. The standard InChI is InChI=1S/C12H13FN4O/c13-5-9(6-14)7-18-11-3-1-10(2-4-11)12-15-8-16-17-12/h1-5,8H,6-7,14H2,(H,15,16,17). The van der Waals surface area contributed by atoms with Gasteiger partial charge in [0.1, 0.15) is 18.7 Å². The van der Waals surface area contributed by atoms with Crippen LogP contribution in [0.5, 0.6) is 5.75 Å². The molecule has 3 N–H and O–H groups in total. The Morgan fingerprint density at radius 2 is 2.17 bits per heavy atom. The first-order valence-electron chi connectivity index (χ1n) is 5.40. The predicted molar refractivity (Wildman–Crippen MR) is 65.6 cm³/mol. The molecular formula is C12H13FN4O. The van der Waals surface area contributed by atoms with E-state index < -0.39 is 0 Å². The molecule has 0 aliphatic rings. The van der Waals surface area contributed by atoms with Gasteiger partial charge >= 0.3 is 0 Å². The van der Waals surface area contributed by atoms with Crippen molar-refractivity contribution in [1.82, 2.24) is 15.2 Å². The number of hydrogen-bond donors (Lipinski definition) is 2. The topological polar surface area (TPSA) is 76.8 Å². The van der Waals surface area contributed by atoms with Crippen molar-refractivity contribution in [3.8, 4) is 17.1 Å². The number of halogens is 1. The van der Waals surface area contributed by atoms with Crippen LogP contribution in [-0.4, -0.2) is 28.3 Å². The van der Waals surface area contributed by atoms with Gasteiger partial charge in [0.25, 0.3) is 0 Å². The molecule has 1 aromatic carbocycles. The zero-order valence-electron chi connectivity index (χ0n) is 9.64.